The molecular formula is C9H15N3O2. The van der Waals surface area contributed by atoms with Gasteiger partial charge in [-0.3, -0.25) is 0 Å². The number of ether oxygens (including phenoxy) is 1. The first-order valence-electron chi connectivity index (χ1n) is 5.03. The molecule has 0 saturated carbocycles. The highest BCUT2D eigenvalue weighted by Gasteiger charge is 2.20. The summed E-state index contributed by atoms with van der Waals surface area (Å²) < 4.78 is 10.4. The number of hydrogen-bond acceptors (Lipinski definition) is 5. The van der Waals surface area contributed by atoms with Crippen LogP contribution in [0.25, 0.3) is 0 Å². The predicted octanol–water partition coefficient (Wildman–Crippen LogP) is 0.683. The van der Waals surface area contributed by atoms with Gasteiger partial charge < -0.3 is 14.6 Å². The molecule has 1 saturated heterocycles. The van der Waals surface area contributed by atoms with E-state index in [0.717, 1.165) is 31.9 Å². The summed E-state index contributed by atoms with van der Waals surface area (Å²) in [5, 5.41) is 7.21. The van der Waals surface area contributed by atoms with Crippen molar-refractivity contribution in [1.29, 1.82) is 0 Å². The van der Waals surface area contributed by atoms with E-state index in [9.17, 15) is 0 Å². The molecule has 78 valence electrons. The second kappa shape index (κ2) is 4.52. The van der Waals surface area contributed by atoms with Crippen molar-refractivity contribution in [3.8, 4) is 0 Å². The van der Waals surface area contributed by atoms with E-state index < -0.39 is 0 Å². The van der Waals surface area contributed by atoms with Gasteiger partial charge >= 0.3 is 0 Å². The number of morpholine rings is 1. The Bertz CT molecular complexity index is 281. The lowest BCUT2D eigenvalue weighted by atomic mass is 10.2. The van der Waals surface area contributed by atoms with Crippen molar-refractivity contribution >= 4 is 0 Å². The van der Waals surface area contributed by atoms with Gasteiger partial charge in [0.2, 0.25) is 5.89 Å². The normalized spacial score (nSPS) is 22.5. The minimum absolute atomic E-state index is 0.0955. The Hall–Kier alpha value is -0.940. The third-order valence-corrected chi connectivity index (χ3v) is 2.18. The minimum Gasteiger partial charge on any atom is -0.378 e. The summed E-state index contributed by atoms with van der Waals surface area (Å²) in [6.07, 6.45) is 1.87. The van der Waals surface area contributed by atoms with E-state index in [-0.39, 0.29) is 6.04 Å². The molecule has 0 spiro atoms. The monoisotopic (exact) mass is 197 g/mol. The molecule has 5 heteroatoms. The first-order chi connectivity index (χ1) is 6.90. The summed E-state index contributed by atoms with van der Waals surface area (Å²) in [4.78, 5) is 4.30. The van der Waals surface area contributed by atoms with Gasteiger partial charge in [-0.25, -0.2) is 0 Å². The SMILES string of the molecule is CCCc1nc(C2COCCN2)no1. The smallest absolute Gasteiger partial charge is 0.226 e. The van der Waals surface area contributed by atoms with Crippen molar-refractivity contribution < 1.29 is 9.26 Å². The summed E-state index contributed by atoms with van der Waals surface area (Å²) in [6.45, 7) is 4.33. The minimum atomic E-state index is 0.0955. The van der Waals surface area contributed by atoms with E-state index in [0.29, 0.717) is 12.4 Å². The van der Waals surface area contributed by atoms with Gasteiger partial charge in [-0.1, -0.05) is 12.1 Å². The van der Waals surface area contributed by atoms with Gasteiger partial charge in [0.1, 0.15) is 0 Å². The Labute approximate surface area is 82.8 Å². The molecule has 1 aromatic heterocycles. The molecule has 1 atom stereocenters. The Balaban J connectivity index is 2.00. The third-order valence-electron chi connectivity index (χ3n) is 2.18. The molecule has 0 aliphatic carbocycles. The van der Waals surface area contributed by atoms with Crippen LogP contribution < -0.4 is 5.32 Å². The summed E-state index contributed by atoms with van der Waals surface area (Å²) in [6, 6.07) is 0.0955. The lowest BCUT2D eigenvalue weighted by Gasteiger charge is -2.20. The summed E-state index contributed by atoms with van der Waals surface area (Å²) >= 11 is 0. The van der Waals surface area contributed by atoms with E-state index in [1.54, 1.807) is 0 Å². The molecular weight excluding hydrogens is 182 g/mol. The van der Waals surface area contributed by atoms with Gasteiger partial charge in [0.25, 0.3) is 0 Å². The van der Waals surface area contributed by atoms with Gasteiger partial charge in [0, 0.05) is 13.0 Å². The maximum atomic E-state index is 5.32. The number of aromatic nitrogens is 2. The van der Waals surface area contributed by atoms with Gasteiger partial charge in [-0.15, -0.1) is 0 Å². The Morgan fingerprint density at radius 1 is 1.57 bits per heavy atom. The summed E-state index contributed by atoms with van der Waals surface area (Å²) in [7, 11) is 0. The van der Waals surface area contributed by atoms with Crippen molar-refractivity contribution in [2.45, 2.75) is 25.8 Å². The molecule has 1 aliphatic rings. The molecule has 1 aromatic rings. The zero-order valence-corrected chi connectivity index (χ0v) is 8.32. The average Bonchev–Trinajstić information content (AvgIpc) is 2.68. The topological polar surface area (TPSA) is 60.2 Å². The highest BCUT2D eigenvalue weighted by Crippen LogP contribution is 2.12. The van der Waals surface area contributed by atoms with E-state index in [4.69, 9.17) is 9.26 Å². The van der Waals surface area contributed by atoms with E-state index in [2.05, 4.69) is 22.4 Å². The van der Waals surface area contributed by atoms with Crippen LogP contribution in [0.2, 0.25) is 0 Å². The van der Waals surface area contributed by atoms with Gasteiger partial charge in [0.05, 0.1) is 19.3 Å². The number of nitrogens with one attached hydrogen (secondary N) is 1. The lowest BCUT2D eigenvalue weighted by Crippen LogP contribution is -2.35. The van der Waals surface area contributed by atoms with Crippen LogP contribution in [0.1, 0.15) is 31.1 Å². The molecule has 2 heterocycles. The second-order valence-electron chi connectivity index (χ2n) is 3.38. The maximum absolute atomic E-state index is 5.32. The molecule has 14 heavy (non-hydrogen) atoms. The van der Waals surface area contributed by atoms with E-state index in [1.165, 1.54) is 0 Å². The summed E-state index contributed by atoms with van der Waals surface area (Å²) in [5.74, 6) is 1.43. The van der Waals surface area contributed by atoms with Gasteiger partial charge in [-0.05, 0) is 6.42 Å². The van der Waals surface area contributed by atoms with Crippen LogP contribution in [0.3, 0.4) is 0 Å². The largest absolute Gasteiger partial charge is 0.378 e. The molecule has 1 N–H and O–H groups in total. The van der Waals surface area contributed by atoms with Crippen LogP contribution >= 0.6 is 0 Å². The molecule has 0 amide bonds. The Kier molecular flexibility index (Phi) is 3.10. The van der Waals surface area contributed by atoms with E-state index in [1.807, 2.05) is 0 Å². The van der Waals surface area contributed by atoms with Crippen molar-refractivity contribution in [3.63, 3.8) is 0 Å². The average molecular weight is 197 g/mol. The summed E-state index contributed by atoms with van der Waals surface area (Å²) in [5.41, 5.74) is 0. The van der Waals surface area contributed by atoms with Crippen LogP contribution in [0.5, 0.6) is 0 Å². The van der Waals surface area contributed by atoms with Crippen molar-refractivity contribution in [2.24, 2.45) is 0 Å². The van der Waals surface area contributed by atoms with Crippen LogP contribution in [-0.4, -0.2) is 29.9 Å². The van der Waals surface area contributed by atoms with E-state index >= 15 is 0 Å². The van der Waals surface area contributed by atoms with Gasteiger partial charge in [0.15, 0.2) is 5.82 Å². The number of rotatable bonds is 3. The molecule has 0 radical (unpaired) electrons. The number of hydrogen-bond donors (Lipinski definition) is 1. The zero-order chi connectivity index (χ0) is 9.80. The Morgan fingerprint density at radius 3 is 3.21 bits per heavy atom. The first kappa shape index (κ1) is 9.61. The fourth-order valence-corrected chi connectivity index (χ4v) is 1.46. The number of aryl methyl sites for hydroxylation is 1. The zero-order valence-electron chi connectivity index (χ0n) is 8.32. The highest BCUT2D eigenvalue weighted by molar-refractivity contribution is 4.95. The highest BCUT2D eigenvalue weighted by atomic mass is 16.5. The van der Waals surface area contributed by atoms with Crippen LogP contribution in [0.15, 0.2) is 4.52 Å². The maximum Gasteiger partial charge on any atom is 0.226 e. The molecule has 2 rings (SSSR count). The fraction of sp³-hybridized carbons (Fsp3) is 0.778. The van der Waals surface area contributed by atoms with Gasteiger partial charge in [-0.2, -0.15) is 4.98 Å². The lowest BCUT2D eigenvalue weighted by molar-refractivity contribution is 0.0734. The molecule has 1 aliphatic heterocycles. The van der Waals surface area contributed by atoms with Crippen LogP contribution in [0.4, 0.5) is 0 Å². The first-order valence-corrected chi connectivity index (χ1v) is 5.03. The molecule has 5 nitrogen and oxygen atoms in total. The molecule has 0 bridgehead atoms. The second-order valence-corrected chi connectivity index (χ2v) is 3.38. The third kappa shape index (κ3) is 2.10. The van der Waals surface area contributed by atoms with Crippen molar-refractivity contribution in [3.05, 3.63) is 11.7 Å². The Morgan fingerprint density at radius 2 is 2.50 bits per heavy atom. The standard InChI is InChI=1S/C9H15N3O2/c1-2-3-8-11-9(12-14-8)7-6-13-5-4-10-7/h7,10H,2-6H2,1H3. The van der Waals surface area contributed by atoms with Crippen LogP contribution in [-0.2, 0) is 11.2 Å². The quantitative estimate of drug-likeness (QED) is 0.772. The molecule has 1 unspecified atom stereocenters. The predicted molar refractivity (Wildman–Crippen MR) is 49.9 cm³/mol. The molecule has 0 aromatic carbocycles. The van der Waals surface area contributed by atoms with Crippen molar-refractivity contribution in [1.82, 2.24) is 15.5 Å². The van der Waals surface area contributed by atoms with Crippen molar-refractivity contribution in [2.75, 3.05) is 19.8 Å². The number of nitrogens with zero attached hydrogens (tertiary/aromatic N) is 2. The molecule has 1 fully saturated rings. The fourth-order valence-electron chi connectivity index (χ4n) is 1.46. The van der Waals surface area contributed by atoms with Crippen LogP contribution in [0, 0.1) is 0 Å².